The number of hydrogen-bond donors (Lipinski definition) is 1. The zero-order chi connectivity index (χ0) is 15.3. The summed E-state index contributed by atoms with van der Waals surface area (Å²) in [5.74, 6) is 0. The Bertz CT molecular complexity index is 522. The van der Waals surface area contributed by atoms with Crippen LogP contribution < -0.4 is 5.32 Å². The van der Waals surface area contributed by atoms with E-state index >= 15 is 0 Å². The van der Waals surface area contributed by atoms with E-state index in [4.69, 9.17) is 0 Å². The van der Waals surface area contributed by atoms with E-state index in [0.29, 0.717) is 25.6 Å². The summed E-state index contributed by atoms with van der Waals surface area (Å²) < 4.78 is 26.3. The van der Waals surface area contributed by atoms with Crippen LogP contribution in [0.2, 0.25) is 0 Å². The first-order chi connectivity index (χ1) is 10.0. The summed E-state index contributed by atoms with van der Waals surface area (Å²) in [5, 5.41) is 3.26. The van der Waals surface area contributed by atoms with E-state index in [0.717, 1.165) is 19.4 Å². The second-order valence-corrected chi connectivity index (χ2v) is 8.15. The van der Waals surface area contributed by atoms with Crippen molar-refractivity contribution in [1.82, 2.24) is 9.62 Å². The van der Waals surface area contributed by atoms with Gasteiger partial charge in [-0.05, 0) is 31.7 Å². The van der Waals surface area contributed by atoms with E-state index in [1.54, 1.807) is 11.2 Å². The number of hydrogen-bond acceptors (Lipinski definition) is 3. The van der Waals surface area contributed by atoms with E-state index in [2.05, 4.69) is 17.4 Å². The van der Waals surface area contributed by atoms with Crippen molar-refractivity contribution in [2.45, 2.75) is 50.9 Å². The van der Waals surface area contributed by atoms with Gasteiger partial charge in [0.2, 0.25) is 10.0 Å². The molecule has 1 aromatic rings. The van der Waals surface area contributed by atoms with Crippen LogP contribution in [0.15, 0.2) is 30.3 Å². The van der Waals surface area contributed by atoms with Crippen molar-refractivity contribution in [1.29, 1.82) is 0 Å². The highest BCUT2D eigenvalue weighted by Gasteiger charge is 2.31. The molecule has 1 fully saturated rings. The fraction of sp³-hybridized carbons (Fsp3) is 0.625. The largest absolute Gasteiger partial charge is 0.310 e. The lowest BCUT2D eigenvalue weighted by atomic mass is 10.1. The molecule has 0 spiro atoms. The lowest BCUT2D eigenvalue weighted by Gasteiger charge is -2.33. The predicted octanol–water partition coefficient (Wildman–Crippen LogP) is 2.37. The lowest BCUT2D eigenvalue weighted by Crippen LogP contribution is -2.47. The topological polar surface area (TPSA) is 49.4 Å². The van der Waals surface area contributed by atoms with Gasteiger partial charge in [0.25, 0.3) is 0 Å². The Kier molecular flexibility index (Phi) is 5.79. The zero-order valence-corrected chi connectivity index (χ0v) is 13.8. The molecule has 21 heavy (non-hydrogen) atoms. The van der Waals surface area contributed by atoms with Gasteiger partial charge in [0, 0.05) is 25.7 Å². The van der Waals surface area contributed by atoms with Crippen LogP contribution in [0.3, 0.4) is 0 Å². The van der Waals surface area contributed by atoms with E-state index in [-0.39, 0.29) is 5.25 Å². The van der Waals surface area contributed by atoms with Gasteiger partial charge in [-0.3, -0.25) is 0 Å². The molecule has 1 heterocycles. The Morgan fingerprint density at radius 2 is 1.86 bits per heavy atom. The molecule has 0 bridgehead atoms. The number of piperidine rings is 1. The molecule has 1 aliphatic rings. The molecule has 5 heteroatoms. The summed E-state index contributed by atoms with van der Waals surface area (Å²) >= 11 is 0. The van der Waals surface area contributed by atoms with Crippen LogP contribution in [0.4, 0.5) is 0 Å². The van der Waals surface area contributed by atoms with Gasteiger partial charge >= 0.3 is 0 Å². The molecule has 0 aromatic heterocycles. The Balaban J connectivity index is 1.81. The summed E-state index contributed by atoms with van der Waals surface area (Å²) in [7, 11) is -3.10. The normalized spacial score (nSPS) is 19.5. The standard InChI is InChI=1S/C16H26N2O2S/c1-3-14(2)21(19,20)18-11-9-16(10-12-18)17-13-15-7-5-4-6-8-15/h4-8,14,16-17H,3,9-13H2,1-2H3. The maximum absolute atomic E-state index is 12.3. The van der Waals surface area contributed by atoms with E-state index in [9.17, 15) is 8.42 Å². The number of nitrogens with one attached hydrogen (secondary N) is 1. The van der Waals surface area contributed by atoms with Crippen LogP contribution in [0.25, 0.3) is 0 Å². The molecule has 0 amide bonds. The van der Waals surface area contributed by atoms with E-state index in [1.165, 1.54) is 5.56 Å². The molecular weight excluding hydrogens is 284 g/mol. The second kappa shape index (κ2) is 7.38. The van der Waals surface area contributed by atoms with Crippen molar-refractivity contribution in [3.63, 3.8) is 0 Å². The van der Waals surface area contributed by atoms with Gasteiger partial charge < -0.3 is 5.32 Å². The highest BCUT2D eigenvalue weighted by Crippen LogP contribution is 2.19. The van der Waals surface area contributed by atoms with Crippen molar-refractivity contribution in [3.8, 4) is 0 Å². The first-order valence-corrected chi connectivity index (χ1v) is 9.30. The first-order valence-electron chi connectivity index (χ1n) is 7.80. The summed E-state index contributed by atoms with van der Waals surface area (Å²) in [5.41, 5.74) is 1.27. The van der Waals surface area contributed by atoms with E-state index in [1.807, 2.05) is 25.1 Å². The number of benzene rings is 1. The van der Waals surface area contributed by atoms with E-state index < -0.39 is 10.0 Å². The molecular formula is C16H26N2O2S. The molecule has 2 rings (SSSR count). The van der Waals surface area contributed by atoms with Crippen molar-refractivity contribution in [3.05, 3.63) is 35.9 Å². The van der Waals surface area contributed by atoms with Crippen LogP contribution in [-0.2, 0) is 16.6 Å². The van der Waals surface area contributed by atoms with Gasteiger partial charge in [-0.25, -0.2) is 12.7 Å². The van der Waals surface area contributed by atoms with Crippen LogP contribution in [0, 0.1) is 0 Å². The molecule has 1 saturated heterocycles. The third-order valence-electron chi connectivity index (χ3n) is 4.33. The molecule has 0 aliphatic carbocycles. The lowest BCUT2D eigenvalue weighted by molar-refractivity contribution is 0.286. The summed E-state index contributed by atoms with van der Waals surface area (Å²) in [6.45, 7) is 5.85. The van der Waals surface area contributed by atoms with Crippen molar-refractivity contribution in [2.24, 2.45) is 0 Å². The minimum absolute atomic E-state index is 0.272. The quantitative estimate of drug-likeness (QED) is 0.877. The maximum atomic E-state index is 12.3. The van der Waals surface area contributed by atoms with Crippen LogP contribution >= 0.6 is 0 Å². The molecule has 0 saturated carbocycles. The minimum Gasteiger partial charge on any atom is -0.310 e. The van der Waals surface area contributed by atoms with Gasteiger partial charge in [0.05, 0.1) is 5.25 Å². The Morgan fingerprint density at radius 3 is 2.43 bits per heavy atom. The highest BCUT2D eigenvalue weighted by atomic mass is 32.2. The van der Waals surface area contributed by atoms with Crippen LogP contribution in [0.5, 0.6) is 0 Å². The van der Waals surface area contributed by atoms with Crippen molar-refractivity contribution in [2.75, 3.05) is 13.1 Å². The summed E-state index contributed by atoms with van der Waals surface area (Å²) in [6, 6.07) is 10.7. The Morgan fingerprint density at radius 1 is 1.24 bits per heavy atom. The third-order valence-corrected chi connectivity index (χ3v) is 6.77. The van der Waals surface area contributed by atoms with Gasteiger partial charge in [-0.2, -0.15) is 0 Å². The minimum atomic E-state index is -3.10. The molecule has 0 radical (unpaired) electrons. The maximum Gasteiger partial charge on any atom is 0.216 e. The fourth-order valence-electron chi connectivity index (χ4n) is 2.64. The molecule has 1 aromatic carbocycles. The van der Waals surface area contributed by atoms with Crippen molar-refractivity contribution < 1.29 is 8.42 Å². The van der Waals surface area contributed by atoms with Gasteiger partial charge in [0.15, 0.2) is 0 Å². The number of rotatable bonds is 6. The molecule has 118 valence electrons. The molecule has 1 atom stereocenters. The van der Waals surface area contributed by atoms with Gasteiger partial charge in [0.1, 0.15) is 0 Å². The summed E-state index contributed by atoms with van der Waals surface area (Å²) in [6.07, 6.45) is 2.46. The molecule has 4 nitrogen and oxygen atoms in total. The predicted molar refractivity (Wildman–Crippen MR) is 86.5 cm³/mol. The van der Waals surface area contributed by atoms with Gasteiger partial charge in [-0.1, -0.05) is 37.3 Å². The smallest absolute Gasteiger partial charge is 0.216 e. The highest BCUT2D eigenvalue weighted by molar-refractivity contribution is 7.89. The number of nitrogens with zero attached hydrogens (tertiary/aromatic N) is 1. The van der Waals surface area contributed by atoms with Gasteiger partial charge in [-0.15, -0.1) is 0 Å². The second-order valence-electron chi connectivity index (χ2n) is 5.80. The van der Waals surface area contributed by atoms with Crippen LogP contribution in [-0.4, -0.2) is 37.1 Å². The molecule has 1 N–H and O–H groups in total. The first kappa shape index (κ1) is 16.5. The fourth-order valence-corrected chi connectivity index (χ4v) is 4.29. The zero-order valence-electron chi connectivity index (χ0n) is 13.0. The molecule has 1 unspecified atom stereocenters. The Hall–Kier alpha value is -0.910. The average molecular weight is 310 g/mol. The molecule has 1 aliphatic heterocycles. The Labute approximate surface area is 128 Å². The SMILES string of the molecule is CCC(C)S(=O)(=O)N1CCC(NCc2ccccc2)CC1. The van der Waals surface area contributed by atoms with Crippen LogP contribution in [0.1, 0.15) is 38.7 Å². The third kappa shape index (κ3) is 4.28. The monoisotopic (exact) mass is 310 g/mol. The summed E-state index contributed by atoms with van der Waals surface area (Å²) in [4.78, 5) is 0. The number of sulfonamides is 1. The van der Waals surface area contributed by atoms with Crippen molar-refractivity contribution >= 4 is 10.0 Å². The average Bonchev–Trinajstić information content (AvgIpc) is 2.53.